The molecule has 5 nitrogen and oxygen atoms in total. The standard InChI is InChI=1S/C24H22BrCl2NO4/c1-3-31-24(29)16-5-7-17(8-6-16)28-13-18-19(25)9-11-22(30-2)23(18)32-14-15-4-10-20(26)21(27)12-15/h4-12,28H,3,13-14H2,1-2H3. The van der Waals surface area contributed by atoms with Crippen molar-refractivity contribution < 1.29 is 19.0 Å². The summed E-state index contributed by atoms with van der Waals surface area (Å²) < 4.78 is 17.5. The summed E-state index contributed by atoms with van der Waals surface area (Å²) in [5.41, 5.74) is 3.13. The first-order chi connectivity index (χ1) is 15.4. The fraction of sp³-hybridized carbons (Fsp3) is 0.208. The smallest absolute Gasteiger partial charge is 0.338 e. The van der Waals surface area contributed by atoms with Crippen molar-refractivity contribution in [3.05, 3.63) is 85.8 Å². The summed E-state index contributed by atoms with van der Waals surface area (Å²) in [7, 11) is 1.60. The average Bonchev–Trinajstić information content (AvgIpc) is 2.79. The minimum absolute atomic E-state index is 0.297. The maximum Gasteiger partial charge on any atom is 0.338 e. The lowest BCUT2D eigenvalue weighted by atomic mass is 10.1. The van der Waals surface area contributed by atoms with Crippen LogP contribution in [0.3, 0.4) is 0 Å². The highest BCUT2D eigenvalue weighted by atomic mass is 79.9. The van der Waals surface area contributed by atoms with Gasteiger partial charge in [-0.25, -0.2) is 4.79 Å². The molecule has 0 heterocycles. The molecule has 3 aromatic carbocycles. The van der Waals surface area contributed by atoms with E-state index in [1.807, 2.05) is 30.3 Å². The second-order valence-electron chi connectivity index (χ2n) is 6.75. The number of halogens is 3. The number of rotatable bonds is 9. The van der Waals surface area contributed by atoms with Crippen molar-refractivity contribution in [3.63, 3.8) is 0 Å². The third kappa shape index (κ3) is 6.09. The second kappa shape index (κ2) is 11.5. The minimum Gasteiger partial charge on any atom is -0.493 e. The van der Waals surface area contributed by atoms with E-state index in [2.05, 4.69) is 21.2 Å². The van der Waals surface area contributed by atoms with Crippen molar-refractivity contribution in [2.45, 2.75) is 20.1 Å². The lowest BCUT2D eigenvalue weighted by Gasteiger charge is -2.18. The summed E-state index contributed by atoms with van der Waals surface area (Å²) in [6.07, 6.45) is 0. The van der Waals surface area contributed by atoms with Crippen LogP contribution in [-0.2, 0) is 17.9 Å². The molecule has 3 aromatic rings. The molecule has 0 aliphatic heterocycles. The van der Waals surface area contributed by atoms with Gasteiger partial charge in [-0.3, -0.25) is 0 Å². The first-order valence-corrected chi connectivity index (χ1v) is 11.4. The summed E-state index contributed by atoms with van der Waals surface area (Å²) in [5, 5.41) is 4.32. The van der Waals surface area contributed by atoms with Crippen molar-refractivity contribution in [3.8, 4) is 11.5 Å². The molecular weight excluding hydrogens is 517 g/mol. The van der Waals surface area contributed by atoms with Crippen LogP contribution in [0.15, 0.2) is 59.1 Å². The molecule has 0 amide bonds. The van der Waals surface area contributed by atoms with Crippen LogP contribution in [0.4, 0.5) is 5.69 Å². The van der Waals surface area contributed by atoms with Crippen LogP contribution in [-0.4, -0.2) is 19.7 Å². The Morgan fingerprint density at radius 1 is 1.03 bits per heavy atom. The van der Waals surface area contributed by atoms with Gasteiger partial charge in [-0.1, -0.05) is 45.2 Å². The molecule has 0 saturated heterocycles. The molecule has 0 unspecified atom stereocenters. The molecule has 0 aliphatic carbocycles. The van der Waals surface area contributed by atoms with Gasteiger partial charge in [0.25, 0.3) is 0 Å². The van der Waals surface area contributed by atoms with Gasteiger partial charge >= 0.3 is 5.97 Å². The molecule has 0 saturated carbocycles. The Morgan fingerprint density at radius 2 is 1.78 bits per heavy atom. The molecule has 0 atom stereocenters. The largest absolute Gasteiger partial charge is 0.493 e. The number of hydrogen-bond acceptors (Lipinski definition) is 5. The number of esters is 1. The van der Waals surface area contributed by atoms with Crippen molar-refractivity contribution in [2.75, 3.05) is 19.0 Å². The monoisotopic (exact) mass is 537 g/mol. The highest BCUT2D eigenvalue weighted by Crippen LogP contribution is 2.37. The molecular formula is C24H22BrCl2NO4. The van der Waals surface area contributed by atoms with Crippen molar-refractivity contribution in [1.82, 2.24) is 0 Å². The zero-order valence-electron chi connectivity index (χ0n) is 17.6. The molecule has 0 bridgehead atoms. The van der Waals surface area contributed by atoms with Gasteiger partial charge in [-0.05, 0) is 61.0 Å². The molecule has 32 heavy (non-hydrogen) atoms. The molecule has 1 N–H and O–H groups in total. The zero-order valence-corrected chi connectivity index (χ0v) is 20.7. The van der Waals surface area contributed by atoms with Crippen LogP contribution < -0.4 is 14.8 Å². The minimum atomic E-state index is -0.340. The van der Waals surface area contributed by atoms with Gasteiger partial charge in [-0.15, -0.1) is 0 Å². The number of nitrogens with one attached hydrogen (secondary N) is 1. The lowest BCUT2D eigenvalue weighted by molar-refractivity contribution is 0.0526. The molecule has 0 radical (unpaired) electrons. The van der Waals surface area contributed by atoms with E-state index in [1.165, 1.54) is 0 Å². The summed E-state index contributed by atoms with van der Waals surface area (Å²) >= 11 is 15.7. The predicted molar refractivity (Wildman–Crippen MR) is 131 cm³/mol. The molecule has 8 heteroatoms. The number of benzene rings is 3. The van der Waals surface area contributed by atoms with Crippen molar-refractivity contribution in [2.24, 2.45) is 0 Å². The summed E-state index contributed by atoms with van der Waals surface area (Å²) in [5.74, 6) is 0.888. The van der Waals surface area contributed by atoms with Crippen LogP contribution in [0.25, 0.3) is 0 Å². The van der Waals surface area contributed by atoms with E-state index in [9.17, 15) is 4.79 Å². The van der Waals surface area contributed by atoms with Crippen LogP contribution >= 0.6 is 39.1 Å². The van der Waals surface area contributed by atoms with E-state index < -0.39 is 0 Å². The van der Waals surface area contributed by atoms with E-state index in [0.29, 0.717) is 46.9 Å². The number of hydrogen-bond donors (Lipinski definition) is 1. The first-order valence-electron chi connectivity index (χ1n) is 9.86. The quantitative estimate of drug-likeness (QED) is 0.293. The van der Waals surface area contributed by atoms with Crippen LogP contribution in [0, 0.1) is 0 Å². The van der Waals surface area contributed by atoms with E-state index in [4.69, 9.17) is 37.4 Å². The Hall–Kier alpha value is -2.41. The van der Waals surface area contributed by atoms with Gasteiger partial charge in [0.15, 0.2) is 11.5 Å². The number of carbonyl (C=O) groups excluding carboxylic acids is 1. The third-order valence-electron chi connectivity index (χ3n) is 4.62. The summed E-state index contributed by atoms with van der Waals surface area (Å²) in [4.78, 5) is 11.8. The first kappa shape index (κ1) is 24.2. The van der Waals surface area contributed by atoms with E-state index in [1.54, 1.807) is 38.3 Å². The van der Waals surface area contributed by atoms with Gasteiger partial charge in [0.2, 0.25) is 0 Å². The Labute approximate surface area is 205 Å². The van der Waals surface area contributed by atoms with Gasteiger partial charge in [-0.2, -0.15) is 0 Å². The van der Waals surface area contributed by atoms with Gasteiger partial charge in [0, 0.05) is 22.3 Å². The van der Waals surface area contributed by atoms with E-state index >= 15 is 0 Å². The molecule has 3 rings (SSSR count). The topological polar surface area (TPSA) is 56.8 Å². The Morgan fingerprint density at radius 3 is 2.44 bits per heavy atom. The second-order valence-corrected chi connectivity index (χ2v) is 8.41. The molecule has 0 aliphatic rings. The number of ether oxygens (including phenoxy) is 3. The predicted octanol–water partition coefficient (Wildman–Crippen LogP) is 7.13. The van der Waals surface area contributed by atoms with Crippen LogP contribution in [0.2, 0.25) is 10.0 Å². The van der Waals surface area contributed by atoms with Crippen molar-refractivity contribution >= 4 is 50.8 Å². The van der Waals surface area contributed by atoms with E-state index in [-0.39, 0.29) is 5.97 Å². The normalized spacial score (nSPS) is 10.5. The average molecular weight is 539 g/mol. The highest BCUT2D eigenvalue weighted by molar-refractivity contribution is 9.10. The number of anilines is 1. The Balaban J connectivity index is 1.77. The maximum atomic E-state index is 11.8. The SMILES string of the molecule is CCOC(=O)c1ccc(NCc2c(Br)ccc(OC)c2OCc2ccc(Cl)c(Cl)c2)cc1. The van der Waals surface area contributed by atoms with E-state index in [0.717, 1.165) is 21.3 Å². The van der Waals surface area contributed by atoms with Crippen LogP contribution in [0.1, 0.15) is 28.4 Å². The van der Waals surface area contributed by atoms with Gasteiger partial charge in [0.1, 0.15) is 6.61 Å². The zero-order chi connectivity index (χ0) is 23.1. The van der Waals surface area contributed by atoms with Crippen LogP contribution in [0.5, 0.6) is 11.5 Å². The fourth-order valence-electron chi connectivity index (χ4n) is 2.98. The van der Waals surface area contributed by atoms with Crippen molar-refractivity contribution in [1.29, 1.82) is 0 Å². The van der Waals surface area contributed by atoms with Gasteiger partial charge < -0.3 is 19.5 Å². The highest BCUT2D eigenvalue weighted by Gasteiger charge is 2.15. The van der Waals surface area contributed by atoms with Gasteiger partial charge in [0.05, 0.1) is 29.3 Å². The molecule has 168 valence electrons. The molecule has 0 fully saturated rings. The maximum absolute atomic E-state index is 11.8. The Kier molecular flexibility index (Phi) is 8.67. The number of methoxy groups -OCH3 is 1. The molecule has 0 aromatic heterocycles. The molecule has 0 spiro atoms. The number of carbonyl (C=O) groups is 1. The Bertz CT molecular complexity index is 1090. The fourth-order valence-corrected chi connectivity index (χ4v) is 3.75. The third-order valence-corrected chi connectivity index (χ3v) is 6.10. The summed E-state index contributed by atoms with van der Waals surface area (Å²) in [6.45, 7) is 2.88. The summed E-state index contributed by atoms with van der Waals surface area (Å²) in [6, 6.07) is 16.2. The lowest BCUT2D eigenvalue weighted by Crippen LogP contribution is -2.07.